The number of aromatic carboxylic acids is 1. The Bertz CT molecular complexity index is 571. The first-order chi connectivity index (χ1) is 7.58. The van der Waals surface area contributed by atoms with Crippen molar-refractivity contribution in [2.24, 2.45) is 0 Å². The Morgan fingerprint density at radius 2 is 2.19 bits per heavy atom. The van der Waals surface area contributed by atoms with Crippen LogP contribution in [0, 0.1) is 0 Å². The number of nitrogens with zero attached hydrogens (tertiary/aromatic N) is 1. The molecule has 0 saturated carbocycles. The highest BCUT2D eigenvalue weighted by Gasteiger charge is 2.06. The molecule has 0 atom stereocenters. The first-order valence-corrected chi connectivity index (χ1v) is 5.11. The second-order valence-electron chi connectivity index (χ2n) is 3.54. The number of carboxylic acids is 1. The van der Waals surface area contributed by atoms with E-state index in [-0.39, 0.29) is 5.56 Å². The van der Waals surface area contributed by atoms with Crippen LogP contribution in [0.15, 0.2) is 42.1 Å². The lowest BCUT2D eigenvalue weighted by molar-refractivity contribution is 0.0697. The molecule has 1 heterocycles. The molecular weight excluding hydrogens is 226 g/mol. The molecule has 0 aliphatic heterocycles. The van der Waals surface area contributed by atoms with E-state index in [1.807, 2.05) is 16.8 Å². The van der Waals surface area contributed by atoms with E-state index >= 15 is 0 Å². The number of halogens is 1. The smallest absolute Gasteiger partial charge is 0.335 e. The van der Waals surface area contributed by atoms with Crippen LogP contribution in [0.3, 0.4) is 0 Å². The number of aromatic nitrogens is 1. The summed E-state index contributed by atoms with van der Waals surface area (Å²) >= 11 is 5.74. The monoisotopic (exact) mass is 235 g/mol. The zero-order valence-electron chi connectivity index (χ0n) is 8.48. The van der Waals surface area contributed by atoms with Crippen LogP contribution in [0.1, 0.15) is 10.4 Å². The van der Waals surface area contributed by atoms with Gasteiger partial charge in [-0.15, -0.1) is 0 Å². The van der Waals surface area contributed by atoms with E-state index in [1.54, 1.807) is 18.2 Å². The number of hydrogen-bond acceptors (Lipinski definition) is 1. The fourth-order valence-corrected chi connectivity index (χ4v) is 1.78. The van der Waals surface area contributed by atoms with Gasteiger partial charge in [-0.1, -0.05) is 18.2 Å². The average Bonchev–Trinajstić information content (AvgIpc) is 2.60. The molecular formula is C12H10ClNO2. The van der Waals surface area contributed by atoms with Gasteiger partial charge in [0.15, 0.2) is 0 Å². The highest BCUT2D eigenvalue weighted by Crippen LogP contribution is 2.19. The quantitative estimate of drug-likeness (QED) is 0.888. The number of allylic oxidation sites excluding steroid dienone is 1. The van der Waals surface area contributed by atoms with E-state index in [1.165, 1.54) is 0 Å². The minimum atomic E-state index is -0.920. The molecule has 0 saturated heterocycles. The van der Waals surface area contributed by atoms with Crippen molar-refractivity contribution in [2.45, 2.75) is 6.54 Å². The maximum absolute atomic E-state index is 10.8. The topological polar surface area (TPSA) is 42.2 Å². The average molecular weight is 236 g/mol. The van der Waals surface area contributed by atoms with E-state index in [9.17, 15) is 4.79 Å². The molecule has 4 heteroatoms. The SMILES string of the molecule is C=C(Cl)Cn1ccc2cc(C(=O)O)ccc21. The van der Waals surface area contributed by atoms with Crippen molar-refractivity contribution in [2.75, 3.05) is 0 Å². The van der Waals surface area contributed by atoms with E-state index in [4.69, 9.17) is 16.7 Å². The van der Waals surface area contributed by atoms with Crippen molar-refractivity contribution in [1.29, 1.82) is 0 Å². The molecule has 0 bridgehead atoms. The predicted molar refractivity (Wildman–Crippen MR) is 63.9 cm³/mol. The van der Waals surface area contributed by atoms with Crippen LogP contribution < -0.4 is 0 Å². The Balaban J connectivity index is 2.50. The second kappa shape index (κ2) is 4.02. The molecule has 2 rings (SSSR count). The number of fused-ring (bicyclic) bond motifs is 1. The maximum atomic E-state index is 10.8. The molecule has 0 aliphatic rings. The van der Waals surface area contributed by atoms with Crippen LogP contribution in [0.4, 0.5) is 0 Å². The Hall–Kier alpha value is -1.74. The molecule has 1 aromatic heterocycles. The zero-order valence-corrected chi connectivity index (χ0v) is 9.24. The predicted octanol–water partition coefficient (Wildman–Crippen LogP) is 3.09. The van der Waals surface area contributed by atoms with Gasteiger partial charge < -0.3 is 9.67 Å². The fraction of sp³-hybridized carbons (Fsp3) is 0.0833. The van der Waals surface area contributed by atoms with Crippen molar-refractivity contribution < 1.29 is 9.90 Å². The highest BCUT2D eigenvalue weighted by molar-refractivity contribution is 6.29. The van der Waals surface area contributed by atoms with Gasteiger partial charge in [-0.05, 0) is 24.3 Å². The molecule has 0 aliphatic carbocycles. The number of carboxylic acid groups (broad SMARTS) is 1. The summed E-state index contributed by atoms with van der Waals surface area (Å²) in [4.78, 5) is 10.8. The first-order valence-electron chi connectivity index (χ1n) is 4.73. The molecule has 82 valence electrons. The summed E-state index contributed by atoms with van der Waals surface area (Å²) in [6, 6.07) is 6.86. The summed E-state index contributed by atoms with van der Waals surface area (Å²) in [6.07, 6.45) is 1.86. The number of carbonyl (C=O) groups is 1. The van der Waals surface area contributed by atoms with Gasteiger partial charge >= 0.3 is 5.97 Å². The Labute approximate surface area is 97.6 Å². The summed E-state index contributed by atoms with van der Waals surface area (Å²) in [7, 11) is 0. The molecule has 0 radical (unpaired) electrons. The molecule has 0 fully saturated rings. The summed E-state index contributed by atoms with van der Waals surface area (Å²) in [5, 5.41) is 10.3. The number of hydrogen-bond donors (Lipinski definition) is 1. The third-order valence-electron chi connectivity index (χ3n) is 2.36. The summed E-state index contributed by atoms with van der Waals surface area (Å²) in [6.45, 7) is 4.16. The normalized spacial score (nSPS) is 10.6. The van der Waals surface area contributed by atoms with Gasteiger partial charge in [0.25, 0.3) is 0 Å². The fourth-order valence-electron chi connectivity index (χ4n) is 1.66. The largest absolute Gasteiger partial charge is 0.478 e. The van der Waals surface area contributed by atoms with Gasteiger partial charge in [-0.25, -0.2) is 4.79 Å². The molecule has 3 nitrogen and oxygen atoms in total. The Morgan fingerprint density at radius 1 is 1.44 bits per heavy atom. The van der Waals surface area contributed by atoms with Crippen molar-refractivity contribution in [3.63, 3.8) is 0 Å². The zero-order chi connectivity index (χ0) is 11.7. The summed E-state index contributed by atoms with van der Waals surface area (Å²) < 4.78 is 1.93. The van der Waals surface area contributed by atoms with E-state index in [0.29, 0.717) is 11.6 Å². The van der Waals surface area contributed by atoms with E-state index < -0.39 is 5.97 Å². The van der Waals surface area contributed by atoms with Crippen LogP contribution in [-0.4, -0.2) is 15.6 Å². The minimum absolute atomic E-state index is 0.287. The van der Waals surface area contributed by atoms with Crippen LogP contribution in [0.25, 0.3) is 10.9 Å². The van der Waals surface area contributed by atoms with Crippen molar-refractivity contribution in [3.8, 4) is 0 Å². The lowest BCUT2D eigenvalue weighted by Crippen LogP contribution is -1.97. The van der Waals surface area contributed by atoms with Gasteiger partial charge in [-0.2, -0.15) is 0 Å². The third-order valence-corrected chi connectivity index (χ3v) is 2.48. The first kappa shape index (κ1) is 10.8. The summed E-state index contributed by atoms with van der Waals surface area (Å²) in [5.41, 5.74) is 1.24. The Morgan fingerprint density at radius 3 is 2.81 bits per heavy atom. The van der Waals surface area contributed by atoms with Crippen molar-refractivity contribution >= 4 is 28.5 Å². The molecule has 1 N–H and O–H groups in total. The molecule has 0 amide bonds. The van der Waals surface area contributed by atoms with Crippen LogP contribution >= 0.6 is 11.6 Å². The van der Waals surface area contributed by atoms with E-state index in [2.05, 4.69) is 6.58 Å². The molecule has 16 heavy (non-hydrogen) atoms. The number of benzene rings is 1. The second-order valence-corrected chi connectivity index (χ2v) is 4.07. The van der Waals surface area contributed by atoms with Crippen LogP contribution in [0.5, 0.6) is 0 Å². The Kier molecular flexibility index (Phi) is 2.71. The van der Waals surface area contributed by atoms with Gasteiger partial charge in [0.05, 0.1) is 12.1 Å². The van der Waals surface area contributed by atoms with E-state index in [0.717, 1.165) is 10.9 Å². The van der Waals surface area contributed by atoms with Crippen LogP contribution in [0.2, 0.25) is 0 Å². The van der Waals surface area contributed by atoms with Gasteiger partial charge in [0.2, 0.25) is 0 Å². The van der Waals surface area contributed by atoms with Crippen molar-refractivity contribution in [3.05, 3.63) is 47.6 Å². The lowest BCUT2D eigenvalue weighted by Gasteiger charge is -2.03. The molecule has 0 unspecified atom stereocenters. The minimum Gasteiger partial charge on any atom is -0.478 e. The van der Waals surface area contributed by atoms with Gasteiger partial charge in [-0.3, -0.25) is 0 Å². The molecule has 2 aromatic rings. The summed E-state index contributed by atoms with van der Waals surface area (Å²) in [5.74, 6) is -0.920. The van der Waals surface area contributed by atoms with Crippen molar-refractivity contribution in [1.82, 2.24) is 4.57 Å². The molecule has 1 aromatic carbocycles. The van der Waals surface area contributed by atoms with Gasteiger partial charge in [0, 0.05) is 22.1 Å². The number of rotatable bonds is 3. The standard InChI is InChI=1S/C12H10ClNO2/c1-8(13)7-14-5-4-9-6-10(12(15)16)2-3-11(9)14/h2-6H,1,7H2,(H,15,16). The van der Waals surface area contributed by atoms with Crippen LogP contribution in [-0.2, 0) is 6.54 Å². The molecule has 0 spiro atoms. The lowest BCUT2D eigenvalue weighted by atomic mass is 10.1. The third kappa shape index (κ3) is 1.95. The maximum Gasteiger partial charge on any atom is 0.335 e. The van der Waals surface area contributed by atoms with Gasteiger partial charge in [0.1, 0.15) is 0 Å². The highest BCUT2D eigenvalue weighted by atomic mass is 35.5.